The van der Waals surface area contributed by atoms with Gasteiger partial charge in [-0.3, -0.25) is 4.40 Å². The zero-order chi connectivity index (χ0) is 17.6. The van der Waals surface area contributed by atoms with Gasteiger partial charge in [0.1, 0.15) is 5.82 Å². The molecule has 0 aliphatic heterocycles. The van der Waals surface area contributed by atoms with Gasteiger partial charge in [0.15, 0.2) is 5.65 Å². The van der Waals surface area contributed by atoms with E-state index in [-0.39, 0.29) is 11.4 Å². The Labute approximate surface area is 146 Å². The van der Waals surface area contributed by atoms with E-state index >= 15 is 0 Å². The maximum atomic E-state index is 11.6. The molecule has 1 aliphatic rings. The first-order chi connectivity index (χ1) is 12.1. The lowest BCUT2D eigenvalue weighted by molar-refractivity contribution is 0.0600. The smallest absolute Gasteiger partial charge is 0.337 e. The second-order valence-corrected chi connectivity index (χ2v) is 6.99. The van der Waals surface area contributed by atoms with E-state index in [0.29, 0.717) is 11.5 Å². The molecule has 0 unspecified atom stereocenters. The standard InChI is InChI=1S/C20H21N3O2/c1-13(2)16-5-4-12-23-17(16)21-22-19(23)20(10-11-20)15-8-6-14(7-9-15)18(24)25-3/h4-9,12-13H,10-11H2,1-3H3. The van der Waals surface area contributed by atoms with Crippen molar-refractivity contribution in [3.05, 3.63) is 65.1 Å². The van der Waals surface area contributed by atoms with Crippen LogP contribution in [0.15, 0.2) is 42.6 Å². The molecule has 0 saturated heterocycles. The fraction of sp³-hybridized carbons (Fsp3) is 0.350. The SMILES string of the molecule is COC(=O)c1ccc(C2(c3nnc4c(C(C)C)cccn34)CC2)cc1. The summed E-state index contributed by atoms with van der Waals surface area (Å²) in [6, 6.07) is 11.8. The van der Waals surface area contributed by atoms with Gasteiger partial charge >= 0.3 is 5.97 Å². The number of hydrogen-bond acceptors (Lipinski definition) is 4. The lowest BCUT2D eigenvalue weighted by Gasteiger charge is -2.15. The van der Waals surface area contributed by atoms with E-state index in [9.17, 15) is 4.79 Å². The van der Waals surface area contributed by atoms with E-state index in [1.807, 2.05) is 30.5 Å². The van der Waals surface area contributed by atoms with Crippen LogP contribution in [0.2, 0.25) is 0 Å². The molecular formula is C20H21N3O2. The molecule has 5 nitrogen and oxygen atoms in total. The van der Waals surface area contributed by atoms with E-state index in [4.69, 9.17) is 4.74 Å². The van der Waals surface area contributed by atoms with Crippen molar-refractivity contribution >= 4 is 11.6 Å². The van der Waals surface area contributed by atoms with Gasteiger partial charge < -0.3 is 4.74 Å². The molecule has 0 radical (unpaired) electrons. The minimum atomic E-state index is -0.314. The number of fused-ring (bicyclic) bond motifs is 1. The molecule has 1 aromatic carbocycles. The molecule has 25 heavy (non-hydrogen) atoms. The van der Waals surface area contributed by atoms with E-state index < -0.39 is 0 Å². The minimum Gasteiger partial charge on any atom is -0.465 e. The fourth-order valence-electron chi connectivity index (χ4n) is 3.52. The van der Waals surface area contributed by atoms with Crippen molar-refractivity contribution in [3.63, 3.8) is 0 Å². The van der Waals surface area contributed by atoms with Crippen molar-refractivity contribution in [1.82, 2.24) is 14.6 Å². The topological polar surface area (TPSA) is 56.5 Å². The lowest BCUT2D eigenvalue weighted by Crippen LogP contribution is -2.14. The number of carbonyl (C=O) groups is 1. The van der Waals surface area contributed by atoms with Crippen molar-refractivity contribution < 1.29 is 9.53 Å². The Kier molecular flexibility index (Phi) is 3.60. The summed E-state index contributed by atoms with van der Waals surface area (Å²) in [7, 11) is 1.40. The molecular weight excluding hydrogens is 314 g/mol. The lowest BCUT2D eigenvalue weighted by atomic mass is 9.94. The number of rotatable bonds is 4. The van der Waals surface area contributed by atoms with E-state index in [2.05, 4.69) is 40.6 Å². The molecule has 2 aromatic heterocycles. The van der Waals surface area contributed by atoms with Gasteiger partial charge in [-0.1, -0.05) is 32.0 Å². The Bertz CT molecular complexity index is 937. The zero-order valence-electron chi connectivity index (χ0n) is 14.7. The van der Waals surface area contributed by atoms with E-state index in [1.165, 1.54) is 18.2 Å². The summed E-state index contributed by atoms with van der Waals surface area (Å²) < 4.78 is 6.90. The molecule has 0 bridgehead atoms. The molecule has 5 heteroatoms. The van der Waals surface area contributed by atoms with Crippen molar-refractivity contribution in [2.75, 3.05) is 7.11 Å². The van der Waals surface area contributed by atoms with Gasteiger partial charge in [0, 0.05) is 6.20 Å². The summed E-state index contributed by atoms with van der Waals surface area (Å²) in [4.78, 5) is 11.6. The maximum Gasteiger partial charge on any atom is 0.337 e. The Hall–Kier alpha value is -2.69. The Morgan fingerprint density at radius 1 is 1.16 bits per heavy atom. The molecule has 1 aliphatic carbocycles. The molecule has 2 heterocycles. The van der Waals surface area contributed by atoms with Gasteiger partial charge in [-0.05, 0) is 48.1 Å². The average Bonchev–Trinajstić information content (AvgIpc) is 3.33. The summed E-state index contributed by atoms with van der Waals surface area (Å²) in [5, 5.41) is 9.01. The van der Waals surface area contributed by atoms with Gasteiger partial charge in [-0.15, -0.1) is 10.2 Å². The average molecular weight is 335 g/mol. The van der Waals surface area contributed by atoms with Gasteiger partial charge in [-0.25, -0.2) is 4.79 Å². The van der Waals surface area contributed by atoms with Gasteiger partial charge in [-0.2, -0.15) is 0 Å². The number of aromatic nitrogens is 3. The number of methoxy groups -OCH3 is 1. The third-order valence-corrected chi connectivity index (χ3v) is 5.12. The molecule has 0 spiro atoms. The summed E-state index contributed by atoms with van der Waals surface area (Å²) in [6.07, 6.45) is 4.12. The van der Waals surface area contributed by atoms with Crippen molar-refractivity contribution in [3.8, 4) is 0 Å². The molecule has 0 N–H and O–H groups in total. The molecule has 128 valence electrons. The number of benzene rings is 1. The highest BCUT2D eigenvalue weighted by atomic mass is 16.5. The Morgan fingerprint density at radius 2 is 1.88 bits per heavy atom. The van der Waals surface area contributed by atoms with Crippen LogP contribution >= 0.6 is 0 Å². The van der Waals surface area contributed by atoms with Crippen molar-refractivity contribution in [2.45, 2.75) is 38.0 Å². The van der Waals surface area contributed by atoms with Crippen molar-refractivity contribution in [2.24, 2.45) is 0 Å². The summed E-state index contributed by atoms with van der Waals surface area (Å²) in [5.74, 6) is 1.07. The second kappa shape index (κ2) is 5.69. The van der Waals surface area contributed by atoms with Crippen LogP contribution in [-0.2, 0) is 10.2 Å². The molecule has 0 atom stereocenters. The maximum absolute atomic E-state index is 11.6. The van der Waals surface area contributed by atoms with Crippen LogP contribution in [0.25, 0.3) is 5.65 Å². The third kappa shape index (κ3) is 2.42. The summed E-state index contributed by atoms with van der Waals surface area (Å²) in [6.45, 7) is 4.34. The number of pyridine rings is 1. The molecule has 4 rings (SSSR count). The van der Waals surface area contributed by atoms with Crippen LogP contribution in [0.5, 0.6) is 0 Å². The highest BCUT2D eigenvalue weighted by Gasteiger charge is 2.49. The normalized spacial score (nSPS) is 15.5. The largest absolute Gasteiger partial charge is 0.465 e. The minimum absolute atomic E-state index is 0.107. The number of carbonyl (C=O) groups excluding carboxylic acids is 1. The van der Waals surface area contributed by atoms with Crippen molar-refractivity contribution in [1.29, 1.82) is 0 Å². The number of esters is 1. The van der Waals surface area contributed by atoms with Crippen LogP contribution in [0, 0.1) is 0 Å². The first kappa shape index (κ1) is 15.8. The highest BCUT2D eigenvalue weighted by molar-refractivity contribution is 5.89. The van der Waals surface area contributed by atoms with Crippen LogP contribution in [0.4, 0.5) is 0 Å². The summed E-state index contributed by atoms with van der Waals surface area (Å²) >= 11 is 0. The predicted molar refractivity (Wildman–Crippen MR) is 94.9 cm³/mol. The third-order valence-electron chi connectivity index (χ3n) is 5.12. The number of nitrogens with zero attached hydrogens (tertiary/aromatic N) is 3. The van der Waals surface area contributed by atoms with Crippen LogP contribution in [-0.4, -0.2) is 27.7 Å². The number of hydrogen-bond donors (Lipinski definition) is 0. The van der Waals surface area contributed by atoms with Gasteiger partial charge in [0.25, 0.3) is 0 Å². The quantitative estimate of drug-likeness (QED) is 0.682. The molecule has 1 saturated carbocycles. The first-order valence-electron chi connectivity index (χ1n) is 8.60. The Morgan fingerprint density at radius 3 is 2.48 bits per heavy atom. The van der Waals surface area contributed by atoms with Crippen LogP contribution in [0.1, 0.15) is 59.9 Å². The van der Waals surface area contributed by atoms with E-state index in [0.717, 1.165) is 24.3 Å². The Balaban J connectivity index is 1.78. The van der Waals surface area contributed by atoms with Crippen LogP contribution < -0.4 is 0 Å². The molecule has 3 aromatic rings. The first-order valence-corrected chi connectivity index (χ1v) is 8.60. The predicted octanol–water partition coefficient (Wildman–Crippen LogP) is 3.72. The number of ether oxygens (including phenoxy) is 1. The van der Waals surface area contributed by atoms with Crippen LogP contribution in [0.3, 0.4) is 0 Å². The molecule has 1 fully saturated rings. The highest BCUT2D eigenvalue weighted by Crippen LogP contribution is 2.52. The monoisotopic (exact) mass is 335 g/mol. The van der Waals surface area contributed by atoms with E-state index in [1.54, 1.807) is 0 Å². The van der Waals surface area contributed by atoms with Gasteiger partial charge in [0.2, 0.25) is 0 Å². The second-order valence-electron chi connectivity index (χ2n) is 6.99. The molecule has 0 amide bonds. The zero-order valence-corrected chi connectivity index (χ0v) is 14.7. The fourth-order valence-corrected chi connectivity index (χ4v) is 3.52. The van der Waals surface area contributed by atoms with Gasteiger partial charge in [0.05, 0.1) is 18.1 Å². The summed E-state index contributed by atoms with van der Waals surface area (Å²) in [5.41, 5.74) is 3.77.